The molecule has 0 saturated heterocycles. The predicted octanol–water partition coefficient (Wildman–Crippen LogP) is 3.48. The van der Waals surface area contributed by atoms with Crippen molar-refractivity contribution in [3.8, 4) is 0 Å². The fraction of sp³-hybridized carbons (Fsp3) is 0.562. The van der Waals surface area contributed by atoms with Crippen molar-refractivity contribution >= 4 is 5.84 Å². The maximum absolute atomic E-state index is 6.10. The van der Waals surface area contributed by atoms with Gasteiger partial charge >= 0.3 is 0 Å². The third kappa shape index (κ3) is 3.59. The Hall–Kier alpha value is -1.31. The number of aryl methyl sites for hydroxylation is 1. The summed E-state index contributed by atoms with van der Waals surface area (Å²) >= 11 is 0. The normalized spacial score (nSPS) is 17.9. The highest BCUT2D eigenvalue weighted by atomic mass is 14.9. The second kappa shape index (κ2) is 6.58. The second-order valence-corrected chi connectivity index (χ2v) is 5.32. The number of amidine groups is 1. The maximum atomic E-state index is 6.10. The van der Waals surface area contributed by atoms with Crippen LogP contribution in [-0.4, -0.2) is 12.4 Å². The van der Waals surface area contributed by atoms with Gasteiger partial charge < -0.3 is 5.73 Å². The topological polar surface area (TPSA) is 38.4 Å². The zero-order chi connectivity index (χ0) is 12.8. The molecule has 0 atom stereocenters. The highest BCUT2D eigenvalue weighted by molar-refractivity contribution is 5.82. The molecule has 0 aliphatic heterocycles. The number of nitrogens with zero attached hydrogens (tertiary/aromatic N) is 1. The first-order valence-electron chi connectivity index (χ1n) is 7.11. The number of aliphatic imine (C=N–C) groups is 1. The van der Waals surface area contributed by atoms with Gasteiger partial charge in [-0.2, -0.15) is 0 Å². The van der Waals surface area contributed by atoms with Gasteiger partial charge in [-0.05, 0) is 37.3 Å². The summed E-state index contributed by atoms with van der Waals surface area (Å²) in [5, 5.41) is 0. The van der Waals surface area contributed by atoms with Crippen molar-refractivity contribution in [1.82, 2.24) is 0 Å². The summed E-state index contributed by atoms with van der Waals surface area (Å²) in [6.07, 6.45) is 7.48. The van der Waals surface area contributed by atoms with E-state index >= 15 is 0 Å². The average molecular weight is 244 g/mol. The van der Waals surface area contributed by atoms with Crippen LogP contribution in [0.25, 0.3) is 0 Å². The van der Waals surface area contributed by atoms with Crippen LogP contribution in [0.2, 0.25) is 0 Å². The fourth-order valence-corrected chi connectivity index (χ4v) is 2.72. The molecule has 0 amide bonds. The van der Waals surface area contributed by atoms with Gasteiger partial charge in [0, 0.05) is 12.5 Å². The smallest absolute Gasteiger partial charge is 0.0968 e. The minimum Gasteiger partial charge on any atom is -0.387 e. The van der Waals surface area contributed by atoms with E-state index < -0.39 is 0 Å². The molecule has 2 rings (SSSR count). The predicted molar refractivity (Wildman–Crippen MR) is 77.9 cm³/mol. The van der Waals surface area contributed by atoms with Crippen molar-refractivity contribution in [3.63, 3.8) is 0 Å². The van der Waals surface area contributed by atoms with Crippen LogP contribution < -0.4 is 5.73 Å². The largest absolute Gasteiger partial charge is 0.387 e. The summed E-state index contributed by atoms with van der Waals surface area (Å²) in [5.41, 5.74) is 8.84. The molecule has 2 heteroatoms. The van der Waals surface area contributed by atoms with Gasteiger partial charge in [-0.1, -0.05) is 43.5 Å². The number of nitrogens with two attached hydrogens (primary N) is 1. The van der Waals surface area contributed by atoms with E-state index in [1.807, 2.05) is 0 Å². The summed E-state index contributed by atoms with van der Waals surface area (Å²) in [6.45, 7) is 2.98. The van der Waals surface area contributed by atoms with Gasteiger partial charge in [-0.25, -0.2) is 0 Å². The van der Waals surface area contributed by atoms with Crippen LogP contribution in [0.3, 0.4) is 0 Å². The lowest BCUT2D eigenvalue weighted by Gasteiger charge is -2.20. The van der Waals surface area contributed by atoms with Crippen molar-refractivity contribution in [2.75, 3.05) is 6.54 Å². The van der Waals surface area contributed by atoms with Crippen LogP contribution in [0.5, 0.6) is 0 Å². The highest BCUT2D eigenvalue weighted by Gasteiger charge is 2.16. The van der Waals surface area contributed by atoms with Crippen molar-refractivity contribution < 1.29 is 0 Å². The SMILES string of the molecule is Cc1ccccc1CCN=C(N)C1CCCCC1. The monoisotopic (exact) mass is 244 g/mol. The van der Waals surface area contributed by atoms with Crippen LogP contribution in [0, 0.1) is 12.8 Å². The van der Waals surface area contributed by atoms with Crippen molar-refractivity contribution in [2.45, 2.75) is 45.4 Å². The standard InChI is InChI=1S/C16H24N2/c1-13-7-5-6-8-14(13)11-12-18-16(17)15-9-3-2-4-10-15/h5-8,15H,2-4,9-12H2,1H3,(H2,17,18). The molecule has 0 heterocycles. The van der Waals surface area contributed by atoms with Crippen LogP contribution >= 0.6 is 0 Å². The van der Waals surface area contributed by atoms with Gasteiger partial charge in [0.1, 0.15) is 0 Å². The Bertz CT molecular complexity index is 403. The number of hydrogen-bond donors (Lipinski definition) is 1. The Morgan fingerprint density at radius 2 is 1.94 bits per heavy atom. The first kappa shape index (κ1) is 13.1. The summed E-state index contributed by atoms with van der Waals surface area (Å²) in [6, 6.07) is 8.51. The summed E-state index contributed by atoms with van der Waals surface area (Å²) in [4.78, 5) is 4.58. The van der Waals surface area contributed by atoms with Crippen LogP contribution in [0.1, 0.15) is 43.2 Å². The third-order valence-corrected chi connectivity index (χ3v) is 3.96. The molecule has 0 aromatic heterocycles. The average Bonchev–Trinajstić information content (AvgIpc) is 2.42. The lowest BCUT2D eigenvalue weighted by molar-refractivity contribution is 0.436. The summed E-state index contributed by atoms with van der Waals surface area (Å²) in [7, 11) is 0. The van der Waals surface area contributed by atoms with E-state index in [2.05, 4.69) is 36.2 Å². The third-order valence-electron chi connectivity index (χ3n) is 3.96. The molecule has 0 spiro atoms. The Balaban J connectivity index is 1.85. The maximum Gasteiger partial charge on any atom is 0.0968 e. The van der Waals surface area contributed by atoms with Crippen LogP contribution in [0.4, 0.5) is 0 Å². The van der Waals surface area contributed by atoms with Gasteiger partial charge in [0.15, 0.2) is 0 Å². The van der Waals surface area contributed by atoms with E-state index in [-0.39, 0.29) is 0 Å². The van der Waals surface area contributed by atoms with Crippen molar-refractivity contribution in [3.05, 3.63) is 35.4 Å². The van der Waals surface area contributed by atoms with Crippen LogP contribution in [0.15, 0.2) is 29.3 Å². The minimum absolute atomic E-state index is 0.552. The van der Waals surface area contributed by atoms with E-state index in [0.717, 1.165) is 18.8 Å². The fourth-order valence-electron chi connectivity index (χ4n) is 2.72. The quantitative estimate of drug-likeness (QED) is 0.639. The molecule has 2 nitrogen and oxygen atoms in total. The second-order valence-electron chi connectivity index (χ2n) is 5.32. The van der Waals surface area contributed by atoms with Gasteiger partial charge in [0.2, 0.25) is 0 Å². The summed E-state index contributed by atoms with van der Waals surface area (Å²) < 4.78 is 0. The molecular weight excluding hydrogens is 220 g/mol. The number of benzene rings is 1. The molecule has 18 heavy (non-hydrogen) atoms. The molecular formula is C16H24N2. The first-order valence-corrected chi connectivity index (χ1v) is 7.11. The summed E-state index contributed by atoms with van der Waals surface area (Å²) in [5.74, 6) is 1.44. The zero-order valence-electron chi connectivity index (χ0n) is 11.4. The molecule has 0 unspecified atom stereocenters. The Morgan fingerprint density at radius 1 is 1.22 bits per heavy atom. The Labute approximate surface area is 110 Å². The molecule has 0 bridgehead atoms. The molecule has 1 aromatic carbocycles. The molecule has 1 aliphatic carbocycles. The van der Waals surface area contributed by atoms with E-state index in [1.165, 1.54) is 43.2 Å². The lowest BCUT2D eigenvalue weighted by atomic mass is 9.88. The van der Waals surface area contributed by atoms with Crippen molar-refractivity contribution in [2.24, 2.45) is 16.6 Å². The molecule has 98 valence electrons. The molecule has 2 N–H and O–H groups in total. The van der Waals surface area contributed by atoms with Gasteiger partial charge in [0.25, 0.3) is 0 Å². The lowest BCUT2D eigenvalue weighted by Crippen LogP contribution is -2.26. The number of rotatable bonds is 4. The van der Waals surface area contributed by atoms with E-state index in [1.54, 1.807) is 0 Å². The van der Waals surface area contributed by atoms with Gasteiger partial charge in [-0.3, -0.25) is 4.99 Å². The first-order chi connectivity index (χ1) is 8.77. The van der Waals surface area contributed by atoms with E-state index in [4.69, 9.17) is 5.73 Å². The van der Waals surface area contributed by atoms with Crippen molar-refractivity contribution in [1.29, 1.82) is 0 Å². The molecule has 1 saturated carbocycles. The van der Waals surface area contributed by atoms with Crippen LogP contribution in [-0.2, 0) is 6.42 Å². The van der Waals surface area contributed by atoms with E-state index in [9.17, 15) is 0 Å². The zero-order valence-corrected chi connectivity index (χ0v) is 11.4. The minimum atomic E-state index is 0.552. The molecule has 1 aromatic rings. The van der Waals surface area contributed by atoms with Gasteiger partial charge in [-0.15, -0.1) is 0 Å². The molecule has 1 fully saturated rings. The Kier molecular flexibility index (Phi) is 4.80. The molecule has 1 aliphatic rings. The van der Waals surface area contributed by atoms with Gasteiger partial charge in [0.05, 0.1) is 5.84 Å². The number of hydrogen-bond acceptors (Lipinski definition) is 1. The highest BCUT2D eigenvalue weighted by Crippen LogP contribution is 2.23. The van der Waals surface area contributed by atoms with E-state index in [0.29, 0.717) is 5.92 Å². The molecule has 0 radical (unpaired) electrons. The Morgan fingerprint density at radius 3 is 2.67 bits per heavy atom.